The minimum Gasteiger partial charge on any atom is -0.481 e. The number of hydrogen-bond donors (Lipinski definition) is 2. The molecule has 1 amide bonds. The van der Waals surface area contributed by atoms with Crippen molar-refractivity contribution in [2.24, 2.45) is 5.41 Å². The Hall–Kier alpha value is -1.36. The number of carboxylic acid groups (broad SMARTS) is 1. The van der Waals surface area contributed by atoms with Crippen molar-refractivity contribution >= 4 is 23.2 Å². The first-order valence-electron chi connectivity index (χ1n) is 8.07. The average molecular weight is 323 g/mol. The van der Waals surface area contributed by atoms with Gasteiger partial charge in [-0.05, 0) is 44.7 Å². The molecule has 1 heterocycles. The summed E-state index contributed by atoms with van der Waals surface area (Å²) in [5.41, 5.74) is -0.737. The second-order valence-corrected chi connectivity index (χ2v) is 7.66. The van der Waals surface area contributed by atoms with Crippen LogP contribution in [-0.2, 0) is 16.0 Å². The quantitative estimate of drug-likeness (QED) is 0.806. The van der Waals surface area contributed by atoms with Crippen molar-refractivity contribution in [3.8, 4) is 0 Å². The van der Waals surface area contributed by atoms with Gasteiger partial charge in [-0.3, -0.25) is 9.59 Å². The van der Waals surface area contributed by atoms with Crippen LogP contribution in [0.25, 0.3) is 0 Å². The standard InChI is InChI=1S/C17H25NO3S/c1-13-8-9-14(22-13)6-5-7-15(19)18-12-17(16(20)21)10-3-2-4-11-17/h8-9H,2-7,10-12H2,1H3,(H,18,19)(H,20,21). The highest BCUT2D eigenvalue weighted by atomic mass is 32.1. The second-order valence-electron chi connectivity index (χ2n) is 6.29. The minimum absolute atomic E-state index is 0.0283. The Balaban J connectivity index is 1.73. The number of nitrogens with one attached hydrogen (secondary N) is 1. The normalized spacial score (nSPS) is 17.1. The number of thiophene rings is 1. The summed E-state index contributed by atoms with van der Waals surface area (Å²) in [7, 11) is 0. The van der Waals surface area contributed by atoms with Crippen LogP contribution in [0, 0.1) is 12.3 Å². The van der Waals surface area contributed by atoms with Crippen LogP contribution in [0.5, 0.6) is 0 Å². The lowest BCUT2D eigenvalue weighted by Crippen LogP contribution is -2.44. The van der Waals surface area contributed by atoms with Crippen LogP contribution in [0.3, 0.4) is 0 Å². The Morgan fingerprint density at radius 2 is 2.00 bits per heavy atom. The molecular weight excluding hydrogens is 298 g/mol. The van der Waals surface area contributed by atoms with E-state index in [4.69, 9.17) is 0 Å². The van der Waals surface area contributed by atoms with Crippen molar-refractivity contribution in [3.63, 3.8) is 0 Å². The van der Waals surface area contributed by atoms with Crippen molar-refractivity contribution in [2.75, 3.05) is 6.54 Å². The first-order chi connectivity index (χ1) is 10.5. The van der Waals surface area contributed by atoms with Gasteiger partial charge in [0.2, 0.25) is 5.91 Å². The lowest BCUT2D eigenvalue weighted by molar-refractivity contribution is -0.151. The molecule has 1 aromatic heterocycles. The lowest BCUT2D eigenvalue weighted by atomic mass is 9.74. The van der Waals surface area contributed by atoms with Gasteiger partial charge >= 0.3 is 5.97 Å². The van der Waals surface area contributed by atoms with Crippen LogP contribution in [0.4, 0.5) is 0 Å². The highest BCUT2D eigenvalue weighted by Crippen LogP contribution is 2.36. The van der Waals surface area contributed by atoms with Crippen LogP contribution in [0.2, 0.25) is 0 Å². The number of carbonyl (C=O) groups excluding carboxylic acids is 1. The molecule has 2 rings (SSSR count). The molecule has 0 radical (unpaired) electrons. The van der Waals surface area contributed by atoms with E-state index in [0.717, 1.165) is 32.1 Å². The molecule has 5 heteroatoms. The molecule has 1 aliphatic rings. The van der Waals surface area contributed by atoms with Crippen molar-refractivity contribution in [1.82, 2.24) is 5.32 Å². The highest BCUT2D eigenvalue weighted by Gasteiger charge is 2.39. The fourth-order valence-corrected chi connectivity index (χ4v) is 4.03. The summed E-state index contributed by atoms with van der Waals surface area (Å²) < 4.78 is 0. The number of aryl methyl sites for hydroxylation is 2. The Bertz CT molecular complexity index is 518. The van der Waals surface area contributed by atoms with Gasteiger partial charge < -0.3 is 10.4 Å². The van der Waals surface area contributed by atoms with Gasteiger partial charge in [0.05, 0.1) is 5.41 Å². The van der Waals surface area contributed by atoms with Gasteiger partial charge in [-0.15, -0.1) is 11.3 Å². The van der Waals surface area contributed by atoms with E-state index in [9.17, 15) is 14.7 Å². The first-order valence-corrected chi connectivity index (χ1v) is 8.89. The van der Waals surface area contributed by atoms with Gasteiger partial charge in [0.25, 0.3) is 0 Å². The van der Waals surface area contributed by atoms with E-state index in [1.54, 1.807) is 11.3 Å². The van der Waals surface area contributed by atoms with Crippen LogP contribution < -0.4 is 5.32 Å². The van der Waals surface area contributed by atoms with Gasteiger partial charge in [0.1, 0.15) is 0 Å². The fourth-order valence-electron chi connectivity index (χ4n) is 3.09. The Morgan fingerprint density at radius 3 is 2.59 bits per heavy atom. The average Bonchev–Trinajstić information content (AvgIpc) is 2.91. The number of carboxylic acids is 1. The minimum atomic E-state index is -0.762. The van der Waals surface area contributed by atoms with E-state index in [0.29, 0.717) is 19.3 Å². The van der Waals surface area contributed by atoms with Crippen molar-refractivity contribution < 1.29 is 14.7 Å². The van der Waals surface area contributed by atoms with Gasteiger partial charge in [-0.1, -0.05) is 19.3 Å². The van der Waals surface area contributed by atoms with E-state index in [1.807, 2.05) is 0 Å². The second kappa shape index (κ2) is 7.77. The summed E-state index contributed by atoms with van der Waals surface area (Å²) in [6.07, 6.45) is 6.53. The SMILES string of the molecule is Cc1ccc(CCCC(=O)NCC2(C(=O)O)CCCCC2)s1. The Kier molecular flexibility index (Phi) is 6.00. The molecule has 122 valence electrons. The zero-order valence-corrected chi connectivity index (χ0v) is 14.0. The molecule has 0 bridgehead atoms. The predicted octanol–water partition coefficient (Wildman–Crippen LogP) is 3.53. The summed E-state index contributed by atoms with van der Waals surface area (Å²) in [5.74, 6) is -0.791. The van der Waals surface area contributed by atoms with Gasteiger partial charge in [0.15, 0.2) is 0 Å². The number of hydrogen-bond acceptors (Lipinski definition) is 3. The summed E-state index contributed by atoms with van der Waals surface area (Å²) in [5, 5.41) is 12.3. The van der Waals surface area contributed by atoms with Crippen molar-refractivity contribution in [1.29, 1.82) is 0 Å². The maximum atomic E-state index is 11.9. The molecule has 0 aliphatic heterocycles. The summed E-state index contributed by atoms with van der Waals surface area (Å²) in [6, 6.07) is 4.21. The highest BCUT2D eigenvalue weighted by molar-refractivity contribution is 7.11. The molecule has 2 N–H and O–H groups in total. The molecule has 0 atom stereocenters. The van der Waals surface area contributed by atoms with Crippen LogP contribution in [-0.4, -0.2) is 23.5 Å². The number of amides is 1. The molecule has 22 heavy (non-hydrogen) atoms. The van der Waals surface area contributed by atoms with E-state index in [2.05, 4.69) is 24.4 Å². The Labute approximate surface area is 135 Å². The third-order valence-corrected chi connectivity index (χ3v) is 5.57. The van der Waals surface area contributed by atoms with E-state index in [-0.39, 0.29) is 12.5 Å². The van der Waals surface area contributed by atoms with Gasteiger partial charge in [0, 0.05) is 22.7 Å². The smallest absolute Gasteiger partial charge is 0.311 e. The molecule has 0 unspecified atom stereocenters. The maximum Gasteiger partial charge on any atom is 0.311 e. The van der Waals surface area contributed by atoms with Crippen LogP contribution >= 0.6 is 11.3 Å². The van der Waals surface area contributed by atoms with Crippen LogP contribution in [0.15, 0.2) is 12.1 Å². The van der Waals surface area contributed by atoms with Crippen LogP contribution in [0.1, 0.15) is 54.7 Å². The number of rotatable bonds is 7. The first kappa shape index (κ1) is 17.0. The van der Waals surface area contributed by atoms with E-state index < -0.39 is 11.4 Å². The van der Waals surface area contributed by atoms with Gasteiger partial charge in [-0.25, -0.2) is 0 Å². The molecule has 1 aromatic rings. The largest absolute Gasteiger partial charge is 0.481 e. The predicted molar refractivity (Wildman–Crippen MR) is 88.2 cm³/mol. The molecule has 1 aliphatic carbocycles. The summed E-state index contributed by atoms with van der Waals surface area (Å²) >= 11 is 1.77. The number of carbonyl (C=O) groups is 2. The number of aliphatic carboxylic acids is 1. The summed E-state index contributed by atoms with van der Waals surface area (Å²) in [6.45, 7) is 2.36. The van der Waals surface area contributed by atoms with E-state index >= 15 is 0 Å². The van der Waals surface area contributed by atoms with Crippen molar-refractivity contribution in [2.45, 2.75) is 58.3 Å². The lowest BCUT2D eigenvalue weighted by Gasteiger charge is -2.33. The molecule has 1 saturated carbocycles. The van der Waals surface area contributed by atoms with Gasteiger partial charge in [-0.2, -0.15) is 0 Å². The fraction of sp³-hybridized carbons (Fsp3) is 0.647. The molecule has 0 aromatic carbocycles. The molecule has 0 spiro atoms. The molecule has 0 saturated heterocycles. The molecule has 4 nitrogen and oxygen atoms in total. The third-order valence-electron chi connectivity index (χ3n) is 4.51. The van der Waals surface area contributed by atoms with E-state index in [1.165, 1.54) is 9.75 Å². The zero-order chi connectivity index (χ0) is 16.0. The molecule has 1 fully saturated rings. The van der Waals surface area contributed by atoms with Crippen molar-refractivity contribution in [3.05, 3.63) is 21.9 Å². The monoisotopic (exact) mass is 323 g/mol. The maximum absolute atomic E-state index is 11.9. The summed E-state index contributed by atoms with van der Waals surface area (Å²) in [4.78, 5) is 26.1. The Morgan fingerprint density at radius 1 is 1.27 bits per heavy atom. The molecular formula is C17H25NO3S. The zero-order valence-electron chi connectivity index (χ0n) is 13.2. The topological polar surface area (TPSA) is 66.4 Å². The third kappa shape index (κ3) is 4.57.